The molecule has 3 N–H and O–H groups in total. The average molecular weight is 291 g/mol. The number of amides is 2. The molecule has 0 aliphatic carbocycles. The summed E-state index contributed by atoms with van der Waals surface area (Å²) >= 11 is 0. The summed E-state index contributed by atoms with van der Waals surface area (Å²) in [6.45, 7) is 2.50. The number of anilines is 1. The van der Waals surface area contributed by atoms with Crippen LogP contribution >= 0.6 is 0 Å². The molecule has 0 radical (unpaired) electrons. The van der Waals surface area contributed by atoms with Crippen LogP contribution in [0.1, 0.15) is 25.3 Å². The van der Waals surface area contributed by atoms with E-state index in [9.17, 15) is 9.59 Å². The molecule has 5 heteroatoms. The Bertz CT molecular complexity index is 469. The SMILES string of the molecule is CC(CCCN)C(=O)Nc1ccc(CC(=O)N(C)C)cc1. The molecule has 0 aliphatic rings. The fourth-order valence-electron chi connectivity index (χ4n) is 1.86. The van der Waals surface area contributed by atoms with E-state index in [4.69, 9.17) is 5.73 Å². The zero-order valence-electron chi connectivity index (χ0n) is 13.1. The molecular weight excluding hydrogens is 266 g/mol. The summed E-state index contributed by atoms with van der Waals surface area (Å²) in [5.41, 5.74) is 7.13. The number of nitrogens with two attached hydrogens (primary N) is 1. The third-order valence-corrected chi connectivity index (χ3v) is 3.36. The van der Waals surface area contributed by atoms with Gasteiger partial charge in [-0.15, -0.1) is 0 Å². The van der Waals surface area contributed by atoms with E-state index in [0.29, 0.717) is 13.0 Å². The maximum Gasteiger partial charge on any atom is 0.227 e. The van der Waals surface area contributed by atoms with Gasteiger partial charge in [-0.1, -0.05) is 19.1 Å². The van der Waals surface area contributed by atoms with E-state index in [1.165, 1.54) is 0 Å². The maximum absolute atomic E-state index is 12.0. The van der Waals surface area contributed by atoms with Crippen molar-refractivity contribution in [3.63, 3.8) is 0 Å². The molecule has 1 aromatic rings. The number of carbonyl (C=O) groups is 2. The summed E-state index contributed by atoms with van der Waals surface area (Å²) in [6.07, 6.45) is 2.01. The Hall–Kier alpha value is -1.88. The molecule has 1 rings (SSSR count). The quantitative estimate of drug-likeness (QED) is 0.801. The number of carbonyl (C=O) groups excluding carboxylic acids is 2. The highest BCUT2D eigenvalue weighted by atomic mass is 16.2. The molecule has 21 heavy (non-hydrogen) atoms. The van der Waals surface area contributed by atoms with Crippen LogP contribution in [0.2, 0.25) is 0 Å². The van der Waals surface area contributed by atoms with Gasteiger partial charge in [0, 0.05) is 25.7 Å². The zero-order chi connectivity index (χ0) is 15.8. The monoisotopic (exact) mass is 291 g/mol. The van der Waals surface area contributed by atoms with Gasteiger partial charge in [-0.3, -0.25) is 9.59 Å². The van der Waals surface area contributed by atoms with Gasteiger partial charge in [0.2, 0.25) is 11.8 Å². The molecule has 0 heterocycles. The zero-order valence-corrected chi connectivity index (χ0v) is 13.1. The highest BCUT2D eigenvalue weighted by Gasteiger charge is 2.12. The second kappa shape index (κ2) is 8.42. The van der Waals surface area contributed by atoms with Gasteiger partial charge in [0.1, 0.15) is 0 Å². The topological polar surface area (TPSA) is 75.4 Å². The third kappa shape index (κ3) is 5.95. The summed E-state index contributed by atoms with van der Waals surface area (Å²) in [5, 5.41) is 2.88. The predicted molar refractivity (Wildman–Crippen MR) is 84.9 cm³/mol. The number of likely N-dealkylation sites (N-methyl/N-ethyl adjacent to an activating group) is 1. The standard InChI is InChI=1S/C16H25N3O2/c1-12(5-4-10-17)16(21)18-14-8-6-13(7-9-14)11-15(20)19(2)3/h6-9,12H,4-5,10-11,17H2,1-3H3,(H,18,21). The normalized spacial score (nSPS) is 11.8. The van der Waals surface area contributed by atoms with Crippen LogP contribution in [0, 0.1) is 5.92 Å². The first kappa shape index (κ1) is 17.2. The minimum atomic E-state index is -0.0523. The third-order valence-electron chi connectivity index (χ3n) is 3.36. The highest BCUT2D eigenvalue weighted by Crippen LogP contribution is 2.13. The van der Waals surface area contributed by atoms with Gasteiger partial charge in [-0.2, -0.15) is 0 Å². The minimum absolute atomic E-state index is 0.000526. The van der Waals surface area contributed by atoms with Crippen LogP contribution in [0.4, 0.5) is 5.69 Å². The molecule has 2 amide bonds. The van der Waals surface area contributed by atoms with Crippen LogP contribution in [0.15, 0.2) is 24.3 Å². The minimum Gasteiger partial charge on any atom is -0.349 e. The molecule has 0 bridgehead atoms. The van der Waals surface area contributed by atoms with E-state index in [0.717, 1.165) is 24.1 Å². The van der Waals surface area contributed by atoms with Gasteiger partial charge in [0.25, 0.3) is 0 Å². The Kier molecular flexibility index (Phi) is 6.88. The van der Waals surface area contributed by atoms with Crippen molar-refractivity contribution in [3.8, 4) is 0 Å². The summed E-state index contributed by atoms with van der Waals surface area (Å²) in [6, 6.07) is 7.38. The van der Waals surface area contributed by atoms with Crippen LogP contribution in [0.5, 0.6) is 0 Å². The number of hydrogen-bond donors (Lipinski definition) is 2. The number of hydrogen-bond acceptors (Lipinski definition) is 3. The fourth-order valence-corrected chi connectivity index (χ4v) is 1.86. The van der Waals surface area contributed by atoms with Crippen LogP contribution in [0.3, 0.4) is 0 Å². The van der Waals surface area contributed by atoms with Crippen molar-refractivity contribution in [3.05, 3.63) is 29.8 Å². The van der Waals surface area contributed by atoms with Crippen molar-refractivity contribution < 1.29 is 9.59 Å². The molecule has 0 saturated heterocycles. The van der Waals surface area contributed by atoms with Gasteiger partial charge in [-0.25, -0.2) is 0 Å². The second-order valence-corrected chi connectivity index (χ2v) is 5.48. The summed E-state index contributed by atoms with van der Waals surface area (Å²) in [5.74, 6) is 0.00584. The lowest BCUT2D eigenvalue weighted by atomic mass is 10.0. The molecule has 0 aromatic heterocycles. The largest absolute Gasteiger partial charge is 0.349 e. The first-order chi connectivity index (χ1) is 9.93. The smallest absolute Gasteiger partial charge is 0.227 e. The van der Waals surface area contributed by atoms with Gasteiger partial charge >= 0.3 is 0 Å². The van der Waals surface area contributed by atoms with Crippen LogP contribution < -0.4 is 11.1 Å². The second-order valence-electron chi connectivity index (χ2n) is 5.48. The van der Waals surface area contributed by atoms with Crippen molar-refractivity contribution in [1.29, 1.82) is 0 Å². The summed E-state index contributed by atoms with van der Waals surface area (Å²) in [7, 11) is 3.47. The molecule has 1 aromatic carbocycles. The number of nitrogens with one attached hydrogen (secondary N) is 1. The Balaban J connectivity index is 2.54. The van der Waals surface area contributed by atoms with Gasteiger partial charge in [-0.05, 0) is 37.1 Å². The highest BCUT2D eigenvalue weighted by molar-refractivity contribution is 5.92. The van der Waals surface area contributed by atoms with Gasteiger partial charge in [0.05, 0.1) is 6.42 Å². The first-order valence-corrected chi connectivity index (χ1v) is 7.24. The Morgan fingerprint density at radius 3 is 2.38 bits per heavy atom. The van der Waals surface area contributed by atoms with Crippen LogP contribution in [-0.4, -0.2) is 37.4 Å². The first-order valence-electron chi connectivity index (χ1n) is 7.24. The number of benzene rings is 1. The maximum atomic E-state index is 12.0. The van der Waals surface area contributed by atoms with Gasteiger partial charge < -0.3 is 16.0 Å². The Morgan fingerprint density at radius 1 is 1.24 bits per heavy atom. The molecule has 1 unspecified atom stereocenters. The van der Waals surface area contributed by atoms with Crippen LogP contribution in [0.25, 0.3) is 0 Å². The molecule has 0 aliphatic heterocycles. The van der Waals surface area contributed by atoms with Crippen molar-refractivity contribution in [2.45, 2.75) is 26.2 Å². The van der Waals surface area contributed by atoms with E-state index in [-0.39, 0.29) is 17.7 Å². The summed E-state index contributed by atoms with van der Waals surface area (Å²) < 4.78 is 0. The lowest BCUT2D eigenvalue weighted by Crippen LogP contribution is -2.23. The van der Waals surface area contributed by atoms with Crippen molar-refractivity contribution in [2.75, 3.05) is 26.0 Å². The molecule has 0 fully saturated rings. The Labute approximate surface area is 126 Å². The Morgan fingerprint density at radius 2 is 1.86 bits per heavy atom. The van der Waals surface area contributed by atoms with Crippen molar-refractivity contribution in [1.82, 2.24) is 4.90 Å². The molecule has 0 spiro atoms. The fraction of sp³-hybridized carbons (Fsp3) is 0.500. The van der Waals surface area contributed by atoms with Crippen LogP contribution in [-0.2, 0) is 16.0 Å². The molecule has 1 atom stereocenters. The molecule has 0 saturated carbocycles. The van der Waals surface area contributed by atoms with E-state index in [1.54, 1.807) is 19.0 Å². The van der Waals surface area contributed by atoms with Crippen molar-refractivity contribution in [2.24, 2.45) is 11.7 Å². The van der Waals surface area contributed by atoms with E-state index >= 15 is 0 Å². The molecule has 116 valence electrons. The molecular formula is C16H25N3O2. The van der Waals surface area contributed by atoms with E-state index < -0.39 is 0 Å². The average Bonchev–Trinajstić information content (AvgIpc) is 2.46. The number of rotatable bonds is 7. The predicted octanol–water partition coefficient (Wildman–Crippen LogP) is 1.63. The molecule has 5 nitrogen and oxygen atoms in total. The number of nitrogens with zero attached hydrogens (tertiary/aromatic N) is 1. The summed E-state index contributed by atoms with van der Waals surface area (Å²) in [4.78, 5) is 25.1. The van der Waals surface area contributed by atoms with Gasteiger partial charge in [0.15, 0.2) is 0 Å². The van der Waals surface area contributed by atoms with Crippen molar-refractivity contribution >= 4 is 17.5 Å². The van der Waals surface area contributed by atoms with E-state index in [2.05, 4.69) is 5.32 Å². The lowest BCUT2D eigenvalue weighted by Gasteiger charge is -2.13. The van der Waals surface area contributed by atoms with E-state index in [1.807, 2.05) is 31.2 Å². The lowest BCUT2D eigenvalue weighted by molar-refractivity contribution is -0.128.